The van der Waals surface area contributed by atoms with Crippen molar-refractivity contribution in [1.29, 1.82) is 0 Å². The minimum absolute atomic E-state index is 0.0549. The van der Waals surface area contributed by atoms with Gasteiger partial charge >= 0.3 is 6.18 Å². The van der Waals surface area contributed by atoms with Gasteiger partial charge in [0, 0.05) is 38.3 Å². The van der Waals surface area contributed by atoms with E-state index in [4.69, 9.17) is 45.4 Å². The molecule has 1 unspecified atom stereocenters. The van der Waals surface area contributed by atoms with E-state index in [9.17, 15) is 18.0 Å². The zero-order chi connectivity index (χ0) is 27.6. The summed E-state index contributed by atoms with van der Waals surface area (Å²) in [5, 5.41) is 4.06. The smallest absolute Gasteiger partial charge is 0.417 e. The van der Waals surface area contributed by atoms with E-state index in [1.54, 1.807) is 7.05 Å². The molecule has 8 nitrogen and oxygen atoms in total. The molecule has 1 fully saturated rings. The molecule has 2 atom stereocenters. The third-order valence-electron chi connectivity index (χ3n) is 5.76. The molecule has 3 aromatic heterocycles. The van der Waals surface area contributed by atoms with Crippen molar-refractivity contribution in [2.75, 3.05) is 13.6 Å². The summed E-state index contributed by atoms with van der Waals surface area (Å²) >= 11 is 18.9. The molecule has 4 aromatic rings. The number of amides is 1. The highest BCUT2D eigenvalue weighted by Crippen LogP contribution is 2.38. The Labute approximate surface area is 224 Å². The van der Waals surface area contributed by atoms with Gasteiger partial charge in [-0.2, -0.15) is 18.2 Å². The van der Waals surface area contributed by atoms with Gasteiger partial charge in [0.15, 0.2) is 5.65 Å². The molecule has 1 amide bonds. The lowest BCUT2D eigenvalue weighted by Gasteiger charge is -2.33. The fourth-order valence-corrected chi connectivity index (χ4v) is 4.71. The van der Waals surface area contributed by atoms with Gasteiger partial charge in [-0.25, -0.2) is 4.98 Å². The lowest BCUT2D eigenvalue weighted by atomic mass is 9.97. The number of nitrogens with zero attached hydrogens (tertiary/aromatic N) is 5. The number of hydrogen-bond donors (Lipinski definition) is 0. The summed E-state index contributed by atoms with van der Waals surface area (Å²) in [5.41, 5.74) is -0.452. The number of ether oxygens (including phenoxy) is 1. The van der Waals surface area contributed by atoms with Gasteiger partial charge in [-0.3, -0.25) is 4.79 Å². The Morgan fingerprint density at radius 2 is 1.89 bits per heavy atom. The van der Waals surface area contributed by atoms with Crippen molar-refractivity contribution in [3.05, 3.63) is 51.2 Å². The first-order valence-corrected chi connectivity index (χ1v) is 11.9. The molecule has 14 heteroatoms. The van der Waals surface area contributed by atoms with E-state index in [1.807, 2.05) is 0 Å². The van der Waals surface area contributed by atoms with Crippen molar-refractivity contribution in [1.82, 2.24) is 24.4 Å². The number of hydrogen-bond acceptors (Lipinski definition) is 6. The lowest BCUT2D eigenvalue weighted by Crippen LogP contribution is -2.46. The number of likely N-dealkylation sites (N-methyl/N-ethyl adjacent to an activating group) is 1. The van der Waals surface area contributed by atoms with Crippen LogP contribution in [-0.4, -0.2) is 50.0 Å². The average Bonchev–Trinajstić information content (AvgIpc) is 3.46. The van der Waals surface area contributed by atoms with Crippen molar-refractivity contribution in [2.24, 2.45) is 5.89 Å². The van der Waals surface area contributed by atoms with Crippen LogP contribution in [0.25, 0.3) is 28.6 Å². The van der Waals surface area contributed by atoms with Crippen molar-refractivity contribution < 1.29 is 28.6 Å². The fourth-order valence-electron chi connectivity index (χ4n) is 4.01. The summed E-state index contributed by atoms with van der Waals surface area (Å²) in [6, 6.07) is 3.73. The van der Waals surface area contributed by atoms with Crippen LogP contribution < -0.4 is 4.74 Å². The normalized spacial score (nSPS) is 21.0. The third kappa shape index (κ3) is 4.95. The maximum Gasteiger partial charge on any atom is 0.417 e. The second-order valence-corrected chi connectivity index (χ2v) is 9.75. The Morgan fingerprint density at radius 1 is 1.14 bits per heavy atom. The maximum absolute atomic E-state index is 13.1. The Hall–Kier alpha value is -3.02. The van der Waals surface area contributed by atoms with Gasteiger partial charge in [0.05, 0.1) is 27.2 Å². The van der Waals surface area contributed by atoms with Gasteiger partial charge in [-0.15, -0.1) is 0 Å². The monoisotopic (exact) mass is 574 g/mol. The average molecular weight is 576 g/mol. The van der Waals surface area contributed by atoms with E-state index in [0.29, 0.717) is 5.56 Å². The highest BCUT2D eigenvalue weighted by Gasteiger charge is 2.33. The molecule has 37 heavy (non-hydrogen) atoms. The minimum Gasteiger partial charge on any atom is -0.487 e. The Morgan fingerprint density at radius 3 is 2.59 bits per heavy atom. The van der Waals surface area contributed by atoms with Crippen LogP contribution in [0.15, 0.2) is 35.1 Å². The van der Waals surface area contributed by atoms with E-state index in [-0.39, 0.29) is 62.7 Å². The van der Waals surface area contributed by atoms with Gasteiger partial charge < -0.3 is 18.6 Å². The fraction of sp³-hybridized carbons (Fsp3) is 0.304. The van der Waals surface area contributed by atoms with Crippen molar-refractivity contribution in [2.45, 2.75) is 25.6 Å². The number of aromatic nitrogens is 4. The molecule has 0 spiro atoms. The zero-order valence-electron chi connectivity index (χ0n) is 20.1. The summed E-state index contributed by atoms with van der Waals surface area (Å²) in [6.45, 7) is 1.81. The van der Waals surface area contributed by atoms with Crippen LogP contribution in [0, 0.1) is 5.89 Å². The SMILES string of the molecule is [2H]C1(C)C[C@H](Oc2cc(Cl)c(-c3noc(-c4cn5cc(C(F)(F)F)cc(Cl)c5n4)n3)cc2Cl)CN(C)C1=O. The maximum atomic E-state index is 13.1. The number of likely N-dealkylation sites (tertiary alicyclic amines) is 1. The van der Waals surface area contributed by atoms with Crippen molar-refractivity contribution >= 4 is 46.4 Å². The molecule has 0 radical (unpaired) electrons. The molecule has 1 saturated heterocycles. The molecule has 0 bridgehead atoms. The largest absolute Gasteiger partial charge is 0.487 e. The van der Waals surface area contributed by atoms with Crippen LogP contribution in [0.4, 0.5) is 13.2 Å². The van der Waals surface area contributed by atoms with E-state index in [0.717, 1.165) is 16.7 Å². The summed E-state index contributed by atoms with van der Waals surface area (Å²) in [7, 11) is 1.60. The number of imidazole rings is 1. The third-order valence-corrected chi connectivity index (χ3v) is 6.64. The predicted molar refractivity (Wildman–Crippen MR) is 130 cm³/mol. The number of fused-ring (bicyclic) bond motifs is 1. The number of carbonyl (C=O) groups excluding carboxylic acids is 1. The molecule has 1 aromatic carbocycles. The van der Waals surface area contributed by atoms with E-state index >= 15 is 0 Å². The molecular weight excluding hydrogens is 558 g/mol. The second-order valence-electron chi connectivity index (χ2n) is 8.53. The second kappa shape index (κ2) is 9.38. The minimum atomic E-state index is -4.59. The highest BCUT2D eigenvalue weighted by molar-refractivity contribution is 6.36. The summed E-state index contributed by atoms with van der Waals surface area (Å²) in [6.07, 6.45) is -2.75. The van der Waals surface area contributed by atoms with E-state index in [2.05, 4.69) is 15.1 Å². The van der Waals surface area contributed by atoms with Gasteiger partial charge in [0.2, 0.25) is 11.7 Å². The van der Waals surface area contributed by atoms with E-state index in [1.165, 1.54) is 30.2 Å². The van der Waals surface area contributed by atoms with Crippen LogP contribution in [0.5, 0.6) is 5.75 Å². The number of pyridine rings is 1. The summed E-state index contributed by atoms with van der Waals surface area (Å²) in [5.74, 6) is -1.39. The van der Waals surface area contributed by atoms with Gasteiger partial charge in [0.1, 0.15) is 17.5 Å². The van der Waals surface area contributed by atoms with Crippen LogP contribution in [-0.2, 0) is 11.0 Å². The molecule has 194 valence electrons. The van der Waals surface area contributed by atoms with Crippen LogP contribution in [0.1, 0.15) is 20.3 Å². The van der Waals surface area contributed by atoms with Crippen LogP contribution in [0.2, 0.25) is 15.1 Å². The molecule has 0 aliphatic carbocycles. The zero-order valence-corrected chi connectivity index (χ0v) is 21.4. The molecule has 1 aliphatic heterocycles. The Bertz CT molecular complexity index is 1570. The molecular formula is C23H17Cl3F3N5O3. The standard InChI is InChI=1S/C23H17Cl3F3N5O3/c1-10-3-12(8-33(2)22(10)35)36-18-6-14(24)13(5-15(18)25)19-31-21(37-32-19)17-9-34-7-11(23(27,28)29)4-16(26)20(34)30-17/h4-7,9-10,12H,3,8H2,1-2H3/t10?,12-/m0/s1/i10D. The number of halogens is 6. The van der Waals surface area contributed by atoms with Crippen LogP contribution >= 0.6 is 34.8 Å². The highest BCUT2D eigenvalue weighted by atomic mass is 35.5. The molecule has 4 heterocycles. The lowest BCUT2D eigenvalue weighted by molar-refractivity contribution is -0.139. The molecule has 0 saturated carbocycles. The topological polar surface area (TPSA) is 85.8 Å². The number of alkyl halides is 3. The summed E-state index contributed by atoms with van der Waals surface area (Å²) in [4.78, 5) is 22.0. The Balaban J connectivity index is 1.41. The van der Waals surface area contributed by atoms with Gasteiger partial charge in [-0.05, 0) is 18.6 Å². The number of benzene rings is 1. The first-order valence-electron chi connectivity index (χ1n) is 11.2. The molecule has 1 aliphatic rings. The van der Waals surface area contributed by atoms with E-state index < -0.39 is 23.7 Å². The quantitative estimate of drug-likeness (QED) is 0.285. The first-order chi connectivity index (χ1) is 17.7. The Kier molecular flexibility index (Phi) is 6.16. The summed E-state index contributed by atoms with van der Waals surface area (Å²) < 4.78 is 60.0. The first kappa shape index (κ1) is 24.3. The number of piperidine rings is 1. The molecule has 5 rings (SSSR count). The van der Waals surface area contributed by atoms with Gasteiger partial charge in [0.25, 0.3) is 5.89 Å². The van der Waals surface area contributed by atoms with Gasteiger partial charge in [-0.1, -0.05) is 46.9 Å². The number of rotatable bonds is 4. The van der Waals surface area contributed by atoms with Crippen molar-refractivity contribution in [3.8, 4) is 28.7 Å². The molecule has 0 N–H and O–H groups in total. The van der Waals surface area contributed by atoms with Crippen molar-refractivity contribution in [3.63, 3.8) is 0 Å². The van der Waals surface area contributed by atoms with Crippen LogP contribution in [0.3, 0.4) is 0 Å². The predicted octanol–water partition coefficient (Wildman–Crippen LogP) is 6.28. The number of carbonyl (C=O) groups is 1.